The molecule has 12 heteroatoms. The second-order valence-electron chi connectivity index (χ2n) is 11.9. The van der Waals surface area contributed by atoms with Crippen molar-refractivity contribution >= 4 is 53.0 Å². The molecule has 2 aromatic heterocycles. The second kappa shape index (κ2) is 15.3. The molecule has 50 heavy (non-hydrogen) atoms. The number of ether oxygens (including phenoxy) is 1. The molecular weight excluding hydrogens is 669 g/mol. The van der Waals surface area contributed by atoms with Crippen LogP contribution in [0.25, 0.3) is 21.7 Å². The van der Waals surface area contributed by atoms with E-state index in [1.165, 1.54) is 16.2 Å². The summed E-state index contributed by atoms with van der Waals surface area (Å²) < 4.78 is 28.8. The van der Waals surface area contributed by atoms with Crippen molar-refractivity contribution in [2.75, 3.05) is 7.05 Å². The number of benzene rings is 4. The molecule has 1 unspecified atom stereocenters. The summed E-state index contributed by atoms with van der Waals surface area (Å²) in [7, 11) is -2.64. The zero-order valence-corrected chi connectivity index (χ0v) is 29.9. The second-order valence-corrected chi connectivity index (χ2v) is 14.9. The third-order valence-corrected chi connectivity index (χ3v) is 11.0. The van der Waals surface area contributed by atoms with Crippen molar-refractivity contribution in [3.63, 3.8) is 0 Å². The minimum absolute atomic E-state index is 0.199. The Morgan fingerprint density at radius 1 is 0.880 bits per heavy atom. The fourth-order valence-electron chi connectivity index (χ4n) is 5.55. The maximum Gasteiger partial charge on any atom is 0.440 e. The predicted molar refractivity (Wildman–Crippen MR) is 197 cm³/mol. The van der Waals surface area contributed by atoms with E-state index in [1.54, 1.807) is 46.1 Å². The Labute approximate surface area is 295 Å². The van der Waals surface area contributed by atoms with Crippen molar-refractivity contribution in [1.29, 1.82) is 0 Å². The lowest BCUT2D eigenvalue weighted by molar-refractivity contribution is -0.149. The van der Waals surface area contributed by atoms with Gasteiger partial charge in [0.05, 0.1) is 22.9 Å². The van der Waals surface area contributed by atoms with Gasteiger partial charge in [-0.25, -0.2) is 9.65 Å². The molecule has 0 aliphatic carbocycles. The highest BCUT2D eigenvalue weighted by Crippen LogP contribution is 2.49. The zero-order chi connectivity index (χ0) is 35.3. The molecule has 0 spiro atoms. The van der Waals surface area contributed by atoms with Gasteiger partial charge >= 0.3 is 13.6 Å². The molecular formula is C38H38N5O5PS. The normalized spacial score (nSPS) is 13.2. The number of nitrogens with zero attached hydrogens (tertiary/aromatic N) is 3. The van der Waals surface area contributed by atoms with Gasteiger partial charge in [0.2, 0.25) is 0 Å². The van der Waals surface area contributed by atoms with Gasteiger partial charge in [0, 0.05) is 39.5 Å². The quantitative estimate of drug-likeness (QED) is 0.0913. The van der Waals surface area contributed by atoms with Crippen LogP contribution in [0.15, 0.2) is 119 Å². The molecule has 10 nitrogen and oxygen atoms in total. The molecule has 6 aromatic rings. The molecule has 2 N–H and O–H groups in total. The molecule has 4 aromatic carbocycles. The van der Waals surface area contributed by atoms with E-state index in [0.717, 1.165) is 31.6 Å². The third kappa shape index (κ3) is 7.75. The first kappa shape index (κ1) is 34.9. The number of aryl methyl sites for hydroxylation is 2. The van der Waals surface area contributed by atoms with E-state index >= 15 is 4.57 Å². The van der Waals surface area contributed by atoms with Gasteiger partial charge in [0.15, 0.2) is 0 Å². The summed E-state index contributed by atoms with van der Waals surface area (Å²) in [6, 6.07) is 31.0. The number of pyridine rings is 1. The van der Waals surface area contributed by atoms with Gasteiger partial charge in [0.1, 0.15) is 11.8 Å². The summed E-state index contributed by atoms with van der Waals surface area (Å²) in [5.41, 5.74) is 2.65. The van der Waals surface area contributed by atoms with Gasteiger partial charge < -0.3 is 14.6 Å². The van der Waals surface area contributed by atoms with Crippen LogP contribution in [0, 0.1) is 0 Å². The number of rotatable bonds is 13. The van der Waals surface area contributed by atoms with E-state index in [4.69, 9.17) is 14.4 Å². The number of aromatic nitrogens is 3. The SMILES string of the molecule is CNC(=O)c1ccccc1Sc1ccc2c(CCc3ccccn3)nn(P(=O)(N[C@@H](C)C(=O)OC(C)C)Oc3cccc4ccccc34)c2c1. The first-order valence-corrected chi connectivity index (χ1v) is 18.7. The highest BCUT2D eigenvalue weighted by atomic mass is 32.2. The van der Waals surface area contributed by atoms with Crippen LogP contribution >= 0.6 is 19.4 Å². The smallest absolute Gasteiger partial charge is 0.440 e. The van der Waals surface area contributed by atoms with Crippen molar-refractivity contribution in [3.05, 3.63) is 126 Å². The van der Waals surface area contributed by atoms with Crippen molar-refractivity contribution in [3.8, 4) is 5.75 Å². The van der Waals surface area contributed by atoms with E-state index in [2.05, 4.69) is 15.4 Å². The Kier molecular flexibility index (Phi) is 10.7. The van der Waals surface area contributed by atoms with E-state index in [-0.39, 0.29) is 12.0 Å². The monoisotopic (exact) mass is 707 g/mol. The molecule has 6 rings (SSSR count). The van der Waals surface area contributed by atoms with Gasteiger partial charge in [-0.05, 0) is 87.5 Å². The molecule has 0 radical (unpaired) electrons. The Morgan fingerprint density at radius 3 is 2.42 bits per heavy atom. The van der Waals surface area contributed by atoms with Crippen LogP contribution in [0.1, 0.15) is 42.5 Å². The number of hydrogen-bond donors (Lipinski definition) is 2. The molecule has 0 saturated carbocycles. The Bertz CT molecular complexity index is 2200. The van der Waals surface area contributed by atoms with Crippen LogP contribution in [-0.4, -0.2) is 45.6 Å². The summed E-state index contributed by atoms with van der Waals surface area (Å²) in [4.78, 5) is 31.8. The van der Waals surface area contributed by atoms with Gasteiger partial charge in [-0.2, -0.15) is 9.55 Å². The van der Waals surface area contributed by atoms with E-state index < -0.39 is 19.7 Å². The number of fused-ring (bicyclic) bond motifs is 2. The fourth-order valence-corrected chi connectivity index (χ4v) is 8.46. The molecule has 2 heterocycles. The Hall–Kier alpha value is -4.96. The lowest BCUT2D eigenvalue weighted by Gasteiger charge is -2.25. The number of amides is 1. The van der Waals surface area contributed by atoms with Gasteiger partial charge in [0.25, 0.3) is 5.91 Å². The highest BCUT2D eigenvalue weighted by molar-refractivity contribution is 7.99. The highest BCUT2D eigenvalue weighted by Gasteiger charge is 2.36. The number of nitrogens with one attached hydrogen (secondary N) is 2. The summed E-state index contributed by atoms with van der Waals surface area (Å²) >= 11 is 1.41. The largest absolute Gasteiger partial charge is 0.462 e. The van der Waals surface area contributed by atoms with Crippen molar-refractivity contribution in [2.45, 2.75) is 55.5 Å². The summed E-state index contributed by atoms with van der Waals surface area (Å²) in [5.74, 6) is -0.404. The van der Waals surface area contributed by atoms with Gasteiger partial charge in [-0.3, -0.25) is 14.6 Å². The Morgan fingerprint density at radius 2 is 1.64 bits per heavy atom. The average Bonchev–Trinajstić information content (AvgIpc) is 3.49. The molecule has 0 fully saturated rings. The first-order valence-electron chi connectivity index (χ1n) is 16.3. The molecule has 0 saturated heterocycles. The van der Waals surface area contributed by atoms with E-state index in [9.17, 15) is 9.59 Å². The molecule has 2 atom stereocenters. The van der Waals surface area contributed by atoms with Crippen LogP contribution in [0.5, 0.6) is 5.75 Å². The minimum atomic E-state index is -4.24. The van der Waals surface area contributed by atoms with Crippen molar-refractivity contribution in [1.82, 2.24) is 24.9 Å². The molecule has 256 valence electrons. The van der Waals surface area contributed by atoms with Crippen LogP contribution in [-0.2, 0) is 26.9 Å². The summed E-state index contributed by atoms with van der Waals surface area (Å²) in [6.45, 7) is 5.11. The first-order chi connectivity index (χ1) is 24.1. The third-order valence-electron chi connectivity index (χ3n) is 7.92. The summed E-state index contributed by atoms with van der Waals surface area (Å²) in [5, 5.41) is 13.1. The number of esters is 1. The maximum atomic E-state index is 15.5. The maximum absolute atomic E-state index is 15.5. The van der Waals surface area contributed by atoms with Crippen LogP contribution < -0.4 is 14.9 Å². The van der Waals surface area contributed by atoms with Crippen molar-refractivity contribution < 1.29 is 23.4 Å². The Balaban J connectivity index is 1.50. The average molecular weight is 708 g/mol. The number of carbonyl (C=O) groups excluding carboxylic acids is 2. The van der Waals surface area contributed by atoms with Crippen LogP contribution in [0.2, 0.25) is 0 Å². The topological polar surface area (TPSA) is 124 Å². The molecule has 1 amide bonds. The van der Waals surface area contributed by atoms with Crippen molar-refractivity contribution in [2.24, 2.45) is 0 Å². The molecule has 0 aliphatic heterocycles. The van der Waals surface area contributed by atoms with E-state index in [1.807, 2.05) is 91.0 Å². The summed E-state index contributed by atoms with van der Waals surface area (Å²) in [6.07, 6.45) is 2.49. The lowest BCUT2D eigenvalue weighted by Crippen LogP contribution is -2.37. The minimum Gasteiger partial charge on any atom is -0.462 e. The molecule has 0 aliphatic rings. The number of hydrogen-bond acceptors (Lipinski definition) is 8. The standard InChI is InChI=1S/C38H38N5O5PS/c1-25(2)47-38(45)26(3)42-49(46,48-35-17-11-13-27-12-5-6-15-30(27)35)43-34-24-29(50-36-18-8-7-16-32(36)37(44)39-4)20-21-31(34)33(41-43)22-19-28-14-9-10-23-40-28/h5-18,20-21,23-26H,19,22H2,1-4H3,(H,39,44)(H,42,46)/t26-,49?/m0/s1. The van der Waals surface area contributed by atoms with Crippen LogP contribution in [0.3, 0.4) is 0 Å². The zero-order valence-electron chi connectivity index (χ0n) is 28.2. The molecule has 0 bridgehead atoms. The lowest BCUT2D eigenvalue weighted by atomic mass is 10.1. The fraction of sp³-hybridized carbons (Fsp3) is 0.211. The van der Waals surface area contributed by atoms with Gasteiger partial charge in [-0.1, -0.05) is 66.4 Å². The van der Waals surface area contributed by atoms with E-state index in [0.29, 0.717) is 35.4 Å². The predicted octanol–water partition coefficient (Wildman–Crippen LogP) is 7.85. The van der Waals surface area contributed by atoms with Gasteiger partial charge in [-0.15, -0.1) is 0 Å². The number of carbonyl (C=O) groups is 2. The van der Waals surface area contributed by atoms with Crippen LogP contribution in [0.4, 0.5) is 0 Å².